The van der Waals surface area contributed by atoms with E-state index < -0.39 is 57.2 Å². The molecule has 0 atom stereocenters. The summed E-state index contributed by atoms with van der Waals surface area (Å²) in [5, 5.41) is 26.5. The average molecular weight is 466 g/mol. The quantitative estimate of drug-likeness (QED) is 0.426. The van der Waals surface area contributed by atoms with Crippen LogP contribution in [0.2, 0.25) is 0 Å². The van der Waals surface area contributed by atoms with Gasteiger partial charge in [0.05, 0.1) is 0 Å². The van der Waals surface area contributed by atoms with E-state index in [1.807, 2.05) is 0 Å². The van der Waals surface area contributed by atoms with Gasteiger partial charge in [-0.25, -0.2) is 0 Å². The molecule has 0 bridgehead atoms. The highest BCUT2D eigenvalue weighted by molar-refractivity contribution is 7.71. The summed E-state index contributed by atoms with van der Waals surface area (Å²) in [6.07, 6.45) is 2.27. The minimum atomic E-state index is -2.62. The van der Waals surface area contributed by atoms with Crippen molar-refractivity contribution >= 4 is 43.3 Å². The van der Waals surface area contributed by atoms with Gasteiger partial charge in [0, 0.05) is 39.2 Å². The van der Waals surface area contributed by atoms with Gasteiger partial charge in [-0.15, -0.1) is 0 Å². The van der Waals surface area contributed by atoms with Crippen LogP contribution in [0.15, 0.2) is 0 Å². The van der Waals surface area contributed by atoms with Gasteiger partial charge >= 0.3 is 0 Å². The fraction of sp³-hybridized carbons (Fsp3) is 0.789. The molecule has 0 aromatic carbocycles. The zero-order valence-electron chi connectivity index (χ0n) is 17.9. The van der Waals surface area contributed by atoms with Gasteiger partial charge in [-0.2, -0.15) is 16.8 Å². The molecule has 1 N–H and O–H groups in total. The third-order valence-electron chi connectivity index (χ3n) is 4.97. The van der Waals surface area contributed by atoms with Crippen LogP contribution in [0.1, 0.15) is 79.1 Å². The van der Waals surface area contributed by atoms with Crippen LogP contribution < -0.4 is 15.5 Å². The molecule has 1 rings (SSSR count). The number of aliphatic carboxylic acids is 2. The first-order valence-electron chi connectivity index (χ1n) is 9.64. The first-order chi connectivity index (χ1) is 13.6. The Kier molecular flexibility index (Phi) is 11.5. The molecule has 1 aliphatic heterocycles. The summed E-state index contributed by atoms with van der Waals surface area (Å²) in [5.41, 5.74) is -1.06. The largest absolute Gasteiger partial charge is 0.550 e. The molecule has 1 heterocycles. The van der Waals surface area contributed by atoms with Gasteiger partial charge in [-0.3, -0.25) is 0 Å². The minimum Gasteiger partial charge on any atom is -0.550 e. The number of carbonyl (C=O) groups excluding carboxylic acids is 2. The molecular formula is C19H31NO8S2-2. The molecule has 11 heteroatoms. The molecule has 1 fully saturated rings. The van der Waals surface area contributed by atoms with Crippen LogP contribution in [-0.2, 0) is 30.2 Å². The van der Waals surface area contributed by atoms with E-state index >= 15 is 0 Å². The van der Waals surface area contributed by atoms with Crippen molar-refractivity contribution in [3.8, 4) is 0 Å². The van der Waals surface area contributed by atoms with Crippen molar-refractivity contribution in [3.63, 3.8) is 0 Å². The second-order valence-electron chi connectivity index (χ2n) is 8.80. The summed E-state index contributed by atoms with van der Waals surface area (Å²) in [7, 11) is -5.24. The van der Waals surface area contributed by atoms with Crippen molar-refractivity contribution in [1.29, 1.82) is 0 Å². The second kappa shape index (κ2) is 12.2. The van der Waals surface area contributed by atoms with Gasteiger partial charge in [-0.1, -0.05) is 0 Å². The average Bonchev–Trinajstić information content (AvgIpc) is 2.54. The highest BCUT2D eigenvalue weighted by Crippen LogP contribution is 2.31. The zero-order valence-corrected chi connectivity index (χ0v) is 19.5. The van der Waals surface area contributed by atoms with Gasteiger partial charge < -0.3 is 25.1 Å². The normalized spacial score (nSPS) is 17.1. The SMILES string of the molecule is CC1(C)CCCC(C)(C)N1.O=C([O-])CCCC(CC=S(=O)=O)(CC=S(=O)=O)C(=O)[O-]. The molecule has 0 amide bonds. The molecule has 0 saturated carbocycles. The van der Waals surface area contributed by atoms with E-state index in [2.05, 4.69) is 33.0 Å². The Balaban J connectivity index is 0.000000696. The fourth-order valence-corrected chi connectivity index (χ4v) is 4.51. The predicted molar refractivity (Wildman–Crippen MR) is 111 cm³/mol. The molecule has 1 saturated heterocycles. The lowest BCUT2D eigenvalue weighted by Crippen LogP contribution is -2.55. The summed E-state index contributed by atoms with van der Waals surface area (Å²) in [5.74, 6) is -3.02. The van der Waals surface area contributed by atoms with Crippen LogP contribution >= 0.6 is 0 Å². The molecule has 0 spiro atoms. The Morgan fingerprint density at radius 2 is 1.37 bits per heavy atom. The highest BCUT2D eigenvalue weighted by Gasteiger charge is 2.31. The van der Waals surface area contributed by atoms with Gasteiger partial charge in [0.2, 0.25) is 20.6 Å². The van der Waals surface area contributed by atoms with E-state index in [1.165, 1.54) is 19.3 Å². The maximum atomic E-state index is 11.2. The lowest BCUT2D eigenvalue weighted by Gasteiger charge is -2.42. The van der Waals surface area contributed by atoms with E-state index in [9.17, 15) is 36.6 Å². The Labute approximate surface area is 180 Å². The van der Waals surface area contributed by atoms with Gasteiger partial charge in [0.25, 0.3) is 0 Å². The van der Waals surface area contributed by atoms with E-state index in [4.69, 9.17) is 0 Å². The van der Waals surface area contributed by atoms with Crippen molar-refractivity contribution in [2.45, 2.75) is 90.1 Å². The second-order valence-corrected chi connectivity index (χ2v) is 10.5. The van der Waals surface area contributed by atoms with Crippen molar-refractivity contribution in [2.75, 3.05) is 0 Å². The molecule has 0 unspecified atom stereocenters. The summed E-state index contributed by atoms with van der Waals surface area (Å²) in [6, 6.07) is 0. The number of hydrogen-bond acceptors (Lipinski definition) is 9. The Morgan fingerprint density at radius 3 is 1.63 bits per heavy atom. The monoisotopic (exact) mass is 465 g/mol. The first-order valence-corrected chi connectivity index (χ1v) is 11.9. The van der Waals surface area contributed by atoms with E-state index in [1.54, 1.807) is 0 Å². The molecule has 174 valence electrons. The number of piperidine rings is 1. The Morgan fingerprint density at radius 1 is 0.933 bits per heavy atom. The van der Waals surface area contributed by atoms with Crippen LogP contribution in [-0.4, -0.2) is 50.6 Å². The van der Waals surface area contributed by atoms with E-state index in [-0.39, 0.29) is 12.8 Å². The maximum absolute atomic E-state index is 11.2. The molecule has 0 aliphatic carbocycles. The number of carboxylic acids is 2. The summed E-state index contributed by atoms with van der Waals surface area (Å²) >= 11 is 0. The maximum Gasteiger partial charge on any atom is 0.209 e. The van der Waals surface area contributed by atoms with Crippen LogP contribution in [0.3, 0.4) is 0 Å². The molecule has 1 aliphatic rings. The van der Waals surface area contributed by atoms with Crippen molar-refractivity contribution in [2.24, 2.45) is 5.41 Å². The standard InChI is InChI=1S/C10H14O8S2.C9H19N/c11-8(12)2-1-3-10(9(13)14,4-6-19(15)16)5-7-20(17)18;1-8(2)6-5-7-9(3,4)10-8/h6-7H,1-5H2,(H,11,12)(H,13,14);10H,5-7H2,1-4H3/p-2. The van der Waals surface area contributed by atoms with Crippen LogP contribution in [0.4, 0.5) is 0 Å². The topological polar surface area (TPSA) is 161 Å². The highest BCUT2D eigenvalue weighted by atomic mass is 32.2. The van der Waals surface area contributed by atoms with Crippen molar-refractivity contribution in [3.05, 3.63) is 0 Å². The Bertz CT molecular complexity index is 802. The third-order valence-corrected chi connectivity index (χ3v) is 5.85. The minimum absolute atomic E-state index is 0.102. The number of carboxylic acid groups (broad SMARTS) is 2. The van der Waals surface area contributed by atoms with Crippen LogP contribution in [0.5, 0.6) is 0 Å². The van der Waals surface area contributed by atoms with E-state index in [0.717, 1.165) is 0 Å². The van der Waals surface area contributed by atoms with Crippen molar-refractivity contribution < 1.29 is 36.6 Å². The van der Waals surface area contributed by atoms with Crippen LogP contribution in [0.25, 0.3) is 0 Å². The number of rotatable bonds is 9. The van der Waals surface area contributed by atoms with Gasteiger partial charge in [0.15, 0.2) is 0 Å². The molecule has 0 aromatic rings. The molecule has 9 nitrogen and oxygen atoms in total. The summed E-state index contributed by atoms with van der Waals surface area (Å²) in [4.78, 5) is 21.5. The summed E-state index contributed by atoms with van der Waals surface area (Å²) < 4.78 is 41.9. The molecular weight excluding hydrogens is 434 g/mol. The predicted octanol–water partition coefficient (Wildman–Crippen LogP) is -0.897. The number of hydrogen-bond donors (Lipinski definition) is 1. The zero-order chi connectivity index (χ0) is 23.6. The lowest BCUT2D eigenvalue weighted by atomic mass is 9.78. The number of nitrogens with one attached hydrogen (secondary N) is 1. The van der Waals surface area contributed by atoms with Gasteiger partial charge in [-0.05, 0) is 79.1 Å². The van der Waals surface area contributed by atoms with Crippen molar-refractivity contribution in [1.82, 2.24) is 5.32 Å². The van der Waals surface area contributed by atoms with Crippen LogP contribution in [0, 0.1) is 5.41 Å². The molecule has 30 heavy (non-hydrogen) atoms. The number of carbonyl (C=O) groups is 2. The third kappa shape index (κ3) is 12.1. The molecule has 0 radical (unpaired) electrons. The summed E-state index contributed by atoms with van der Waals surface area (Å²) in [6.45, 7) is 9.14. The first kappa shape index (κ1) is 28.3. The van der Waals surface area contributed by atoms with E-state index in [0.29, 0.717) is 21.8 Å². The van der Waals surface area contributed by atoms with Gasteiger partial charge in [0.1, 0.15) is 0 Å². The lowest BCUT2D eigenvalue weighted by molar-refractivity contribution is -0.320. The molecule has 0 aromatic heterocycles. The Hall–Kier alpha value is -1.72. The fourth-order valence-electron chi connectivity index (χ4n) is 3.60. The smallest absolute Gasteiger partial charge is 0.209 e.